The van der Waals surface area contributed by atoms with Crippen molar-refractivity contribution >= 4 is 43.2 Å². The standard InChI is InChI=1S/C10H11F3.C10H11N.5C10H14.2C9H11Br.2C9H11NO2/c1-7(2)8-5-3-4-6-9(8)10(11,12)13;1-8(2)10-5-3-4-9(6-10)7-11;4*1-8(2)10-6-4-9(3)5-7-10;1-8(2)10-6-4-5-9(3)7-10;1-7(2)8-4-3-5-9(10)6-8;1-7(2)8-5-3-4-6-9(8)10;1-7(2)8-4-3-5-9(6-8)10(11)12;1-7(2)8-5-3-4-6-9(8)10(11)12/h3-7H,1-2H3;3-6,8H,1-2H3;5*4-8H,1-3H3;2*3-7H,1-2H3;2*3-7H,1-2H3. The summed E-state index contributed by atoms with van der Waals surface area (Å²) in [5.41, 5.74) is 20.6. The predicted octanol–water partition coefficient (Wildman–Crippen LogP) is 34.7. The van der Waals surface area contributed by atoms with E-state index in [1.54, 1.807) is 44.2 Å². The third-order valence-electron chi connectivity index (χ3n) is 18.8. The molecule has 0 aliphatic carbocycles. The molecule has 7 nitrogen and oxygen atoms in total. The Morgan fingerprint density at radius 3 is 0.881 bits per heavy atom. The Kier molecular flexibility index (Phi) is 51.2. The topological polar surface area (TPSA) is 110 Å². The first-order valence-corrected chi connectivity index (χ1v) is 42.9. The van der Waals surface area contributed by atoms with Gasteiger partial charge in [0.15, 0.2) is 0 Å². The lowest BCUT2D eigenvalue weighted by Gasteiger charge is -2.14. The van der Waals surface area contributed by atoms with Crippen LogP contribution in [0.25, 0.3) is 0 Å². The van der Waals surface area contributed by atoms with Gasteiger partial charge in [-0.1, -0.05) is 424 Å². The fourth-order valence-corrected chi connectivity index (χ4v) is 12.2. The number of halogens is 5. The Morgan fingerprint density at radius 1 is 0.297 bits per heavy atom. The second kappa shape index (κ2) is 56.8. The Hall–Kier alpha value is -9.54. The SMILES string of the molecule is CC(C)c1cccc(Br)c1.CC(C)c1cccc(C#N)c1.CC(C)c1cccc([N+](=O)[O-])c1.CC(C)c1ccccc1Br.CC(C)c1ccccc1C(F)(F)F.CC(C)c1ccccc1[N+](=O)[O-].Cc1ccc(C(C)C)cc1.Cc1ccc(C(C)C)cc1.Cc1ccc(C(C)C)cc1.Cc1ccc(C(C)C)cc1.Cc1cccc(C(C)C)c1. The molecule has 0 atom stereocenters. The molecule has 0 aromatic heterocycles. The normalized spacial score (nSPS) is 10.5. The van der Waals surface area contributed by atoms with Crippen molar-refractivity contribution < 1.29 is 23.0 Å². The maximum Gasteiger partial charge on any atom is 0.416 e. The molecule has 0 N–H and O–H groups in total. The summed E-state index contributed by atoms with van der Waals surface area (Å²) in [4.78, 5) is 20.2. The summed E-state index contributed by atoms with van der Waals surface area (Å²) in [6.07, 6.45) is -4.24. The summed E-state index contributed by atoms with van der Waals surface area (Å²) in [7, 11) is 0. The lowest BCUT2D eigenvalue weighted by atomic mass is 9.97. The van der Waals surface area contributed by atoms with Crippen LogP contribution in [0.4, 0.5) is 24.5 Å². The number of para-hydroxylation sites is 1. The van der Waals surface area contributed by atoms with Crippen LogP contribution in [0.3, 0.4) is 0 Å². The highest BCUT2D eigenvalue weighted by Crippen LogP contribution is 2.35. The molecule has 0 radical (unpaired) electrons. The Balaban J connectivity index is 0.000000650. The second-order valence-electron chi connectivity index (χ2n) is 32.8. The lowest BCUT2D eigenvalue weighted by molar-refractivity contribution is -0.385. The van der Waals surface area contributed by atoms with Crippen LogP contribution in [0, 0.1) is 66.2 Å². The van der Waals surface area contributed by atoms with E-state index in [1.807, 2.05) is 76.2 Å². The van der Waals surface area contributed by atoms with Crippen molar-refractivity contribution in [2.24, 2.45) is 0 Å². The van der Waals surface area contributed by atoms with E-state index in [4.69, 9.17) is 5.26 Å². The summed E-state index contributed by atoms with van der Waals surface area (Å²) in [6.45, 7) is 57.2. The molecule has 0 heterocycles. The van der Waals surface area contributed by atoms with E-state index in [2.05, 4.69) is 341 Å². The van der Waals surface area contributed by atoms with Gasteiger partial charge in [0, 0.05) is 32.7 Å². The zero-order chi connectivity index (χ0) is 89.5. The van der Waals surface area contributed by atoms with Gasteiger partial charge in [0.25, 0.3) is 11.4 Å². The van der Waals surface area contributed by atoms with Crippen LogP contribution in [0.1, 0.15) is 318 Å². The largest absolute Gasteiger partial charge is 0.416 e. The van der Waals surface area contributed by atoms with Crippen molar-refractivity contribution in [2.45, 2.75) is 258 Å². The van der Waals surface area contributed by atoms with Crippen molar-refractivity contribution in [3.8, 4) is 6.07 Å². The van der Waals surface area contributed by atoms with Crippen LogP contribution < -0.4 is 0 Å². The zero-order valence-electron chi connectivity index (χ0n) is 75.6. The number of nitro benzene ring substituents is 2. The highest BCUT2D eigenvalue weighted by Gasteiger charge is 2.33. The molecule has 0 aliphatic heterocycles. The first-order chi connectivity index (χ1) is 55.3. The molecule has 0 fully saturated rings. The van der Waals surface area contributed by atoms with Crippen molar-refractivity contribution in [1.29, 1.82) is 5.26 Å². The quantitative estimate of drug-likeness (QED) is 0.0843. The summed E-state index contributed by atoms with van der Waals surface area (Å²) >= 11 is 6.93. The molecule has 0 bridgehead atoms. The van der Waals surface area contributed by atoms with E-state index >= 15 is 0 Å². The van der Waals surface area contributed by atoms with Gasteiger partial charge in [-0.2, -0.15) is 18.4 Å². The van der Waals surface area contributed by atoms with Crippen LogP contribution >= 0.6 is 31.9 Å². The van der Waals surface area contributed by atoms with Crippen LogP contribution in [0.5, 0.6) is 0 Å². The Morgan fingerprint density at radius 2 is 0.602 bits per heavy atom. The first kappa shape index (κ1) is 106. The van der Waals surface area contributed by atoms with Gasteiger partial charge in [0.2, 0.25) is 0 Å². The van der Waals surface area contributed by atoms with Crippen molar-refractivity contribution in [1.82, 2.24) is 0 Å². The molecule has 0 aliphatic rings. The average molecular weight is 1730 g/mol. The van der Waals surface area contributed by atoms with Crippen LogP contribution in [-0.2, 0) is 6.18 Å². The number of non-ortho nitro benzene ring substituents is 1. The van der Waals surface area contributed by atoms with Gasteiger partial charge in [-0.25, -0.2) is 0 Å². The fraction of sp³-hybridized carbons (Fsp3) is 0.368. The summed E-state index contributed by atoms with van der Waals surface area (Å²) in [5, 5.41) is 29.5. The molecule has 11 aromatic rings. The number of aryl methyl sites for hydroxylation is 5. The Bertz CT molecular complexity index is 4400. The van der Waals surface area contributed by atoms with E-state index in [0.717, 1.165) is 22.8 Å². The number of alkyl halides is 3. The van der Waals surface area contributed by atoms with E-state index in [-0.39, 0.29) is 33.1 Å². The van der Waals surface area contributed by atoms with Gasteiger partial charge in [-0.3, -0.25) is 20.2 Å². The molecule has 118 heavy (non-hydrogen) atoms. The number of nitro groups is 2. The van der Waals surface area contributed by atoms with E-state index in [9.17, 15) is 33.4 Å². The molecule has 0 unspecified atom stereocenters. The molecule has 634 valence electrons. The van der Waals surface area contributed by atoms with Gasteiger partial charge in [-0.15, -0.1) is 0 Å². The number of rotatable bonds is 13. The van der Waals surface area contributed by atoms with Crippen molar-refractivity contribution in [2.75, 3.05) is 0 Å². The minimum atomic E-state index is -4.24. The number of nitrogens with zero attached hydrogens (tertiary/aromatic N) is 3. The molecular formula is C106H136Br2F3N3O4. The predicted molar refractivity (Wildman–Crippen MR) is 508 cm³/mol. The van der Waals surface area contributed by atoms with Crippen LogP contribution in [0.2, 0.25) is 0 Å². The highest BCUT2D eigenvalue weighted by atomic mass is 79.9. The minimum absolute atomic E-state index is 0.0992. The highest BCUT2D eigenvalue weighted by molar-refractivity contribution is 9.10. The monoisotopic (exact) mass is 1730 g/mol. The van der Waals surface area contributed by atoms with Crippen LogP contribution in [0.15, 0.2) is 276 Å². The van der Waals surface area contributed by atoms with Gasteiger partial charge in [0.1, 0.15) is 0 Å². The molecule has 11 rings (SSSR count). The molecule has 0 amide bonds. The molecule has 12 heteroatoms. The van der Waals surface area contributed by atoms with Gasteiger partial charge >= 0.3 is 6.18 Å². The lowest BCUT2D eigenvalue weighted by Crippen LogP contribution is -2.09. The third kappa shape index (κ3) is 44.3. The summed E-state index contributed by atoms with van der Waals surface area (Å²) in [5.74, 6) is 5.44. The molecule has 0 saturated carbocycles. The van der Waals surface area contributed by atoms with Gasteiger partial charge in [0.05, 0.1) is 27.0 Å². The molecule has 0 spiro atoms. The number of benzene rings is 11. The molecule has 0 saturated heterocycles. The van der Waals surface area contributed by atoms with Crippen molar-refractivity contribution in [3.63, 3.8) is 0 Å². The molecule has 11 aromatic carbocycles. The zero-order valence-corrected chi connectivity index (χ0v) is 78.8. The number of hydrogen-bond donors (Lipinski definition) is 0. The van der Waals surface area contributed by atoms with E-state index in [0.29, 0.717) is 58.8 Å². The average Bonchev–Trinajstić information content (AvgIpc) is 0.827. The molecular weight excluding hydrogens is 1600 g/mol. The van der Waals surface area contributed by atoms with Gasteiger partial charge in [-0.05, 0) is 192 Å². The number of nitriles is 1. The first-order valence-electron chi connectivity index (χ1n) is 41.3. The Labute approximate surface area is 727 Å². The van der Waals surface area contributed by atoms with E-state index in [1.165, 1.54) is 106 Å². The maximum absolute atomic E-state index is 12.4. The van der Waals surface area contributed by atoms with E-state index < -0.39 is 11.7 Å². The fourth-order valence-electron chi connectivity index (χ4n) is 11.0. The maximum atomic E-state index is 12.4. The van der Waals surface area contributed by atoms with Gasteiger partial charge < -0.3 is 0 Å². The summed E-state index contributed by atoms with van der Waals surface area (Å²) in [6, 6.07) is 89.4. The number of hydrogen-bond acceptors (Lipinski definition) is 5. The third-order valence-corrected chi connectivity index (χ3v) is 20.0. The second-order valence-corrected chi connectivity index (χ2v) is 34.6. The minimum Gasteiger partial charge on any atom is -0.258 e. The van der Waals surface area contributed by atoms with Crippen LogP contribution in [-0.4, -0.2) is 9.85 Å². The van der Waals surface area contributed by atoms with Crippen molar-refractivity contribution in [3.05, 3.63) is 396 Å². The smallest absolute Gasteiger partial charge is 0.258 e. The summed E-state index contributed by atoms with van der Waals surface area (Å²) < 4.78 is 39.6.